The SMILES string of the molecule is CC(=O)NCc1nc2ccc(S(=O)(=O)NC3(C)CC3)cc2n1C1N=NC(C)S1. The number of carbonyl (C=O) groups is 1. The van der Waals surface area contributed by atoms with Crippen molar-refractivity contribution in [2.75, 3.05) is 0 Å². The molecule has 2 aliphatic rings. The Morgan fingerprint density at radius 2 is 2.11 bits per heavy atom. The average Bonchev–Trinajstić information content (AvgIpc) is 3.03. The molecule has 1 aromatic carbocycles. The summed E-state index contributed by atoms with van der Waals surface area (Å²) in [4.78, 5) is 16.1. The number of carbonyl (C=O) groups excluding carboxylic acids is 1. The van der Waals surface area contributed by atoms with Crippen molar-refractivity contribution in [1.82, 2.24) is 19.6 Å². The van der Waals surface area contributed by atoms with Gasteiger partial charge in [-0.3, -0.25) is 9.36 Å². The average molecular weight is 423 g/mol. The van der Waals surface area contributed by atoms with Gasteiger partial charge in [-0.2, -0.15) is 10.2 Å². The molecule has 2 heterocycles. The van der Waals surface area contributed by atoms with Crippen LogP contribution in [0.1, 0.15) is 44.9 Å². The number of benzene rings is 1. The van der Waals surface area contributed by atoms with E-state index in [-0.39, 0.29) is 33.8 Å². The second-order valence-electron chi connectivity index (χ2n) is 7.42. The number of nitrogens with one attached hydrogen (secondary N) is 2. The minimum absolute atomic E-state index is 0.000496. The molecule has 150 valence electrons. The van der Waals surface area contributed by atoms with E-state index in [0.29, 0.717) is 16.9 Å². The van der Waals surface area contributed by atoms with Crippen LogP contribution in [0.5, 0.6) is 0 Å². The smallest absolute Gasteiger partial charge is 0.241 e. The Bertz CT molecular complexity index is 1070. The number of imidazole rings is 1. The van der Waals surface area contributed by atoms with E-state index >= 15 is 0 Å². The van der Waals surface area contributed by atoms with Gasteiger partial charge in [0.05, 0.1) is 22.5 Å². The highest BCUT2D eigenvalue weighted by molar-refractivity contribution is 8.00. The van der Waals surface area contributed by atoms with Crippen molar-refractivity contribution in [2.24, 2.45) is 10.2 Å². The van der Waals surface area contributed by atoms with Crippen LogP contribution in [0.3, 0.4) is 0 Å². The monoisotopic (exact) mass is 422 g/mol. The molecule has 2 unspecified atom stereocenters. The zero-order chi connectivity index (χ0) is 20.1. The number of aromatic nitrogens is 2. The largest absolute Gasteiger partial charge is 0.349 e. The fraction of sp³-hybridized carbons (Fsp3) is 0.529. The summed E-state index contributed by atoms with van der Waals surface area (Å²) in [6.07, 6.45) is 1.68. The van der Waals surface area contributed by atoms with Crippen molar-refractivity contribution in [2.45, 2.75) is 61.5 Å². The van der Waals surface area contributed by atoms with Gasteiger partial charge in [-0.1, -0.05) is 11.8 Å². The van der Waals surface area contributed by atoms with Gasteiger partial charge in [-0.15, -0.1) is 0 Å². The summed E-state index contributed by atoms with van der Waals surface area (Å²) in [5.74, 6) is 0.435. The summed E-state index contributed by atoms with van der Waals surface area (Å²) in [5.41, 5.74) is 0.591. The van der Waals surface area contributed by atoms with E-state index in [2.05, 4.69) is 25.3 Å². The van der Waals surface area contributed by atoms with E-state index in [1.54, 1.807) is 18.2 Å². The molecule has 4 rings (SSSR count). The number of nitrogens with zero attached hydrogens (tertiary/aromatic N) is 4. The van der Waals surface area contributed by atoms with Crippen molar-refractivity contribution >= 4 is 38.7 Å². The molecule has 0 bridgehead atoms. The predicted octanol–water partition coefficient (Wildman–Crippen LogP) is 2.50. The molecular formula is C17H22N6O3S2. The first-order chi connectivity index (χ1) is 13.2. The lowest BCUT2D eigenvalue weighted by Crippen LogP contribution is -2.34. The Hall–Kier alpha value is -1.98. The topological polar surface area (TPSA) is 118 Å². The molecule has 11 heteroatoms. The standard InChI is InChI=1S/C17H22N6O3S2/c1-10(24)18-9-15-19-13-5-4-12(28(25,26)22-17(3)6-7-17)8-14(13)23(15)16-21-20-11(2)27-16/h4-5,8,11,16,22H,6-7,9H2,1-3H3,(H,18,24). The normalized spacial score (nSPS) is 23.2. The van der Waals surface area contributed by atoms with Gasteiger partial charge >= 0.3 is 0 Å². The number of rotatable bonds is 6. The summed E-state index contributed by atoms with van der Waals surface area (Å²) in [6, 6.07) is 4.86. The van der Waals surface area contributed by atoms with E-state index in [0.717, 1.165) is 12.8 Å². The molecule has 2 atom stereocenters. The molecule has 28 heavy (non-hydrogen) atoms. The molecule has 1 saturated carbocycles. The van der Waals surface area contributed by atoms with Crippen molar-refractivity contribution in [3.63, 3.8) is 0 Å². The highest BCUT2D eigenvalue weighted by Gasteiger charge is 2.41. The molecule has 2 aromatic rings. The van der Waals surface area contributed by atoms with Crippen molar-refractivity contribution in [3.05, 3.63) is 24.0 Å². The fourth-order valence-corrected chi connectivity index (χ4v) is 5.44. The quantitative estimate of drug-likeness (QED) is 0.742. The third kappa shape index (κ3) is 3.78. The summed E-state index contributed by atoms with van der Waals surface area (Å²) in [5, 5.41) is 11.2. The van der Waals surface area contributed by atoms with Crippen LogP contribution in [0.4, 0.5) is 0 Å². The number of amides is 1. The van der Waals surface area contributed by atoms with Crippen molar-refractivity contribution in [3.8, 4) is 0 Å². The molecule has 1 fully saturated rings. The maximum Gasteiger partial charge on any atom is 0.241 e. The Kier molecular flexibility index (Phi) is 4.71. The highest BCUT2D eigenvalue weighted by atomic mass is 32.2. The number of thioether (sulfide) groups is 1. The first-order valence-corrected chi connectivity index (χ1v) is 11.4. The molecule has 1 aliphatic heterocycles. The summed E-state index contributed by atoms with van der Waals surface area (Å²) < 4.78 is 30.2. The third-order valence-corrected chi connectivity index (χ3v) is 7.46. The van der Waals surface area contributed by atoms with E-state index in [1.165, 1.54) is 18.7 Å². The van der Waals surface area contributed by atoms with E-state index in [1.807, 2.05) is 18.4 Å². The van der Waals surface area contributed by atoms with Gasteiger partial charge in [0.2, 0.25) is 15.9 Å². The number of hydrogen-bond acceptors (Lipinski definition) is 7. The number of hydrogen-bond donors (Lipinski definition) is 2. The fourth-order valence-electron chi connectivity index (χ4n) is 3.03. The molecule has 0 spiro atoms. The summed E-state index contributed by atoms with van der Waals surface area (Å²) in [6.45, 7) is 5.50. The maximum absolute atomic E-state index is 12.8. The zero-order valence-electron chi connectivity index (χ0n) is 15.8. The van der Waals surface area contributed by atoms with Crippen molar-refractivity contribution in [1.29, 1.82) is 0 Å². The second kappa shape index (κ2) is 6.82. The van der Waals surface area contributed by atoms with Gasteiger partial charge in [0, 0.05) is 12.5 Å². The molecule has 9 nitrogen and oxygen atoms in total. The Morgan fingerprint density at radius 1 is 1.36 bits per heavy atom. The molecule has 1 aromatic heterocycles. The Morgan fingerprint density at radius 3 is 2.71 bits per heavy atom. The van der Waals surface area contributed by atoms with E-state index in [4.69, 9.17) is 0 Å². The van der Waals surface area contributed by atoms with Crippen LogP contribution in [0.25, 0.3) is 11.0 Å². The molecule has 0 radical (unpaired) electrons. The lowest BCUT2D eigenvalue weighted by atomic mass is 10.3. The molecule has 1 aliphatic carbocycles. The van der Waals surface area contributed by atoms with Gasteiger partial charge in [-0.25, -0.2) is 18.1 Å². The molecular weight excluding hydrogens is 400 g/mol. The number of azo groups is 1. The third-order valence-electron chi connectivity index (χ3n) is 4.79. The van der Waals surface area contributed by atoms with Gasteiger partial charge in [-0.05, 0) is 44.9 Å². The van der Waals surface area contributed by atoms with Crippen LogP contribution in [-0.2, 0) is 21.4 Å². The van der Waals surface area contributed by atoms with Crippen LogP contribution >= 0.6 is 11.8 Å². The summed E-state index contributed by atoms with van der Waals surface area (Å²) >= 11 is 1.53. The molecule has 0 saturated heterocycles. The van der Waals surface area contributed by atoms with Gasteiger partial charge in [0.25, 0.3) is 0 Å². The van der Waals surface area contributed by atoms with Crippen LogP contribution < -0.4 is 10.0 Å². The zero-order valence-corrected chi connectivity index (χ0v) is 17.5. The lowest BCUT2D eigenvalue weighted by molar-refractivity contribution is -0.119. The number of fused-ring (bicyclic) bond motifs is 1. The number of sulfonamides is 1. The molecule has 1 amide bonds. The first kappa shape index (κ1) is 19.3. The van der Waals surface area contributed by atoms with Gasteiger partial charge in [0.1, 0.15) is 11.2 Å². The predicted molar refractivity (Wildman–Crippen MR) is 106 cm³/mol. The van der Waals surface area contributed by atoms with Crippen molar-refractivity contribution < 1.29 is 13.2 Å². The van der Waals surface area contributed by atoms with Crippen LogP contribution in [0, 0.1) is 0 Å². The molecule has 2 N–H and O–H groups in total. The maximum atomic E-state index is 12.8. The minimum atomic E-state index is -3.64. The second-order valence-corrected chi connectivity index (χ2v) is 10.5. The van der Waals surface area contributed by atoms with Crippen LogP contribution in [-0.4, -0.2) is 34.8 Å². The Balaban J connectivity index is 1.78. The highest BCUT2D eigenvalue weighted by Crippen LogP contribution is 2.40. The first-order valence-electron chi connectivity index (χ1n) is 9.02. The van der Waals surface area contributed by atoms with Crippen LogP contribution in [0.15, 0.2) is 33.3 Å². The van der Waals surface area contributed by atoms with E-state index < -0.39 is 10.0 Å². The van der Waals surface area contributed by atoms with Gasteiger partial charge in [0.15, 0.2) is 5.50 Å². The van der Waals surface area contributed by atoms with Crippen LogP contribution in [0.2, 0.25) is 0 Å². The van der Waals surface area contributed by atoms with Gasteiger partial charge < -0.3 is 5.32 Å². The summed E-state index contributed by atoms with van der Waals surface area (Å²) in [7, 11) is -3.64. The Labute approximate surface area is 167 Å². The minimum Gasteiger partial charge on any atom is -0.349 e. The van der Waals surface area contributed by atoms with E-state index in [9.17, 15) is 13.2 Å². The lowest BCUT2D eigenvalue weighted by Gasteiger charge is -2.15.